The molecule has 0 saturated heterocycles. The predicted octanol–water partition coefficient (Wildman–Crippen LogP) is 0.832. The number of rotatable bonds is 4. The largest absolute Gasteiger partial charge is 0.395 e. The molecule has 0 bridgehead atoms. The van der Waals surface area contributed by atoms with Crippen LogP contribution in [0.3, 0.4) is 0 Å². The molecular weight excluding hydrogens is 256 g/mol. The van der Waals surface area contributed by atoms with Crippen molar-refractivity contribution in [3.8, 4) is 0 Å². The number of hydrogen-bond acceptors (Lipinski definition) is 4. The maximum absolute atomic E-state index is 12.0. The Bertz CT molecular complexity index is 607. The Balaban J connectivity index is 1.77. The molecule has 2 aliphatic rings. The van der Waals surface area contributed by atoms with Gasteiger partial charge < -0.3 is 10.4 Å². The molecule has 0 atom stereocenters. The van der Waals surface area contributed by atoms with Gasteiger partial charge >= 0.3 is 0 Å². The Hall–Kier alpha value is -2.14. The van der Waals surface area contributed by atoms with Gasteiger partial charge in [-0.15, -0.1) is 0 Å². The van der Waals surface area contributed by atoms with Gasteiger partial charge in [0.2, 0.25) is 0 Å². The van der Waals surface area contributed by atoms with Crippen molar-refractivity contribution in [3.63, 3.8) is 0 Å². The molecule has 0 saturated carbocycles. The molecule has 5 heteroatoms. The summed E-state index contributed by atoms with van der Waals surface area (Å²) in [6.45, 7) is -0.193. The van der Waals surface area contributed by atoms with Gasteiger partial charge in [-0.3, -0.25) is 14.5 Å². The van der Waals surface area contributed by atoms with E-state index < -0.39 is 0 Å². The summed E-state index contributed by atoms with van der Waals surface area (Å²) < 4.78 is 0. The van der Waals surface area contributed by atoms with Gasteiger partial charge in [-0.25, -0.2) is 0 Å². The van der Waals surface area contributed by atoms with Crippen molar-refractivity contribution in [1.82, 2.24) is 4.90 Å². The summed E-state index contributed by atoms with van der Waals surface area (Å²) in [5.74, 6) is -0.766. The molecule has 1 aromatic rings. The van der Waals surface area contributed by atoms with E-state index in [1.807, 2.05) is 12.1 Å². The number of aliphatic hydroxyl groups excluding tert-OH is 1. The predicted molar refractivity (Wildman–Crippen MR) is 74.0 cm³/mol. The van der Waals surface area contributed by atoms with E-state index in [1.54, 1.807) is 0 Å². The fraction of sp³-hybridized carbons (Fsp3) is 0.333. The van der Waals surface area contributed by atoms with Crippen LogP contribution in [0.4, 0.5) is 5.69 Å². The molecule has 0 spiro atoms. The first-order chi connectivity index (χ1) is 9.69. The number of nitrogens with zero attached hydrogens (tertiary/aromatic N) is 1. The molecule has 0 fully saturated rings. The molecule has 1 heterocycles. The summed E-state index contributed by atoms with van der Waals surface area (Å²) in [5, 5.41) is 11.9. The van der Waals surface area contributed by atoms with Gasteiger partial charge in [0, 0.05) is 11.8 Å². The number of hydrogen-bond donors (Lipinski definition) is 2. The summed E-state index contributed by atoms with van der Waals surface area (Å²) in [5.41, 5.74) is 3.75. The van der Waals surface area contributed by atoms with Gasteiger partial charge in [0.25, 0.3) is 11.8 Å². The summed E-state index contributed by atoms with van der Waals surface area (Å²) in [6, 6.07) is 6.03. The molecule has 104 valence electrons. The quantitative estimate of drug-likeness (QED) is 0.797. The maximum Gasteiger partial charge on any atom is 0.277 e. The number of fused-ring (bicyclic) bond motifs is 1. The number of benzene rings is 1. The van der Waals surface area contributed by atoms with Gasteiger partial charge in [-0.2, -0.15) is 0 Å². The Kier molecular flexibility index (Phi) is 3.28. The zero-order chi connectivity index (χ0) is 14.1. The van der Waals surface area contributed by atoms with Gasteiger partial charge in [-0.1, -0.05) is 6.07 Å². The number of carbonyl (C=O) groups is 2. The minimum atomic E-state index is -0.385. The Morgan fingerprint density at radius 1 is 1.20 bits per heavy atom. The van der Waals surface area contributed by atoms with Crippen LogP contribution in [0.5, 0.6) is 0 Å². The lowest BCUT2D eigenvalue weighted by atomic mass is 10.1. The molecule has 1 aromatic carbocycles. The number of aliphatic hydroxyl groups is 1. The highest BCUT2D eigenvalue weighted by molar-refractivity contribution is 6.17. The standard InChI is InChI=1S/C15H16N2O3/c18-7-6-17-14(19)9-13(15(17)20)16-12-5-4-10-2-1-3-11(10)8-12/h4-5,8-9,16,18H,1-3,6-7H2. The second-order valence-corrected chi connectivity index (χ2v) is 5.04. The number of β-amino-alcohol motifs (C(OH)–C–C–N with tert-alkyl or cyclic N) is 1. The van der Waals surface area contributed by atoms with Crippen LogP contribution in [0, 0.1) is 0 Å². The lowest BCUT2D eigenvalue weighted by Gasteiger charge is -2.13. The average Bonchev–Trinajstić information content (AvgIpc) is 2.99. The molecule has 0 unspecified atom stereocenters. The smallest absolute Gasteiger partial charge is 0.277 e. The van der Waals surface area contributed by atoms with Crippen molar-refractivity contribution in [2.45, 2.75) is 19.3 Å². The van der Waals surface area contributed by atoms with E-state index in [-0.39, 0.29) is 30.7 Å². The molecule has 2 amide bonds. The van der Waals surface area contributed by atoms with Crippen LogP contribution in [0.2, 0.25) is 0 Å². The van der Waals surface area contributed by atoms with E-state index >= 15 is 0 Å². The normalized spacial score (nSPS) is 17.4. The number of anilines is 1. The SMILES string of the molecule is O=C1C=C(Nc2ccc3c(c2)CCC3)C(=O)N1CCO. The number of amides is 2. The third kappa shape index (κ3) is 2.20. The van der Waals surface area contributed by atoms with Crippen LogP contribution < -0.4 is 5.32 Å². The second-order valence-electron chi connectivity index (χ2n) is 5.04. The van der Waals surface area contributed by atoms with E-state index in [0.717, 1.165) is 23.4 Å². The van der Waals surface area contributed by atoms with E-state index in [4.69, 9.17) is 5.11 Å². The molecule has 1 aliphatic heterocycles. The van der Waals surface area contributed by atoms with Crippen LogP contribution in [-0.2, 0) is 22.4 Å². The minimum Gasteiger partial charge on any atom is -0.395 e. The second kappa shape index (κ2) is 5.09. The van der Waals surface area contributed by atoms with Crippen molar-refractivity contribution in [1.29, 1.82) is 0 Å². The number of aryl methyl sites for hydroxylation is 2. The summed E-state index contributed by atoms with van der Waals surface area (Å²) in [7, 11) is 0. The zero-order valence-electron chi connectivity index (χ0n) is 11.1. The van der Waals surface area contributed by atoms with Crippen molar-refractivity contribution in [2.75, 3.05) is 18.5 Å². The van der Waals surface area contributed by atoms with E-state index in [1.165, 1.54) is 23.6 Å². The van der Waals surface area contributed by atoms with Crippen molar-refractivity contribution in [2.24, 2.45) is 0 Å². The fourth-order valence-electron chi connectivity index (χ4n) is 2.71. The Morgan fingerprint density at radius 2 is 2.00 bits per heavy atom. The average molecular weight is 272 g/mol. The molecular formula is C15H16N2O3. The lowest BCUT2D eigenvalue weighted by molar-refractivity contribution is -0.137. The fourth-order valence-corrected chi connectivity index (χ4v) is 2.71. The molecule has 5 nitrogen and oxygen atoms in total. The van der Waals surface area contributed by atoms with E-state index in [9.17, 15) is 9.59 Å². The van der Waals surface area contributed by atoms with Crippen LogP contribution >= 0.6 is 0 Å². The van der Waals surface area contributed by atoms with E-state index in [0.29, 0.717) is 0 Å². The highest BCUT2D eigenvalue weighted by Gasteiger charge is 2.30. The number of carbonyl (C=O) groups excluding carboxylic acids is 2. The molecule has 0 aromatic heterocycles. The number of imide groups is 1. The third-order valence-corrected chi connectivity index (χ3v) is 3.71. The summed E-state index contributed by atoms with van der Waals surface area (Å²) >= 11 is 0. The van der Waals surface area contributed by atoms with Crippen LogP contribution in [0.15, 0.2) is 30.0 Å². The van der Waals surface area contributed by atoms with Crippen molar-refractivity contribution < 1.29 is 14.7 Å². The van der Waals surface area contributed by atoms with Crippen LogP contribution in [0.1, 0.15) is 17.5 Å². The number of nitrogens with one attached hydrogen (secondary N) is 1. The molecule has 2 N–H and O–H groups in total. The monoisotopic (exact) mass is 272 g/mol. The Labute approximate surface area is 116 Å². The third-order valence-electron chi connectivity index (χ3n) is 3.71. The summed E-state index contributed by atoms with van der Waals surface area (Å²) in [6.07, 6.45) is 4.63. The molecule has 3 rings (SSSR count). The van der Waals surface area contributed by atoms with E-state index in [2.05, 4.69) is 11.4 Å². The first-order valence-corrected chi connectivity index (χ1v) is 6.76. The first kappa shape index (κ1) is 12.9. The molecule has 0 radical (unpaired) electrons. The minimum absolute atomic E-state index is 0.0313. The topological polar surface area (TPSA) is 69.6 Å². The van der Waals surface area contributed by atoms with Crippen molar-refractivity contribution >= 4 is 17.5 Å². The van der Waals surface area contributed by atoms with Gasteiger partial charge in [0.15, 0.2) is 0 Å². The molecule has 20 heavy (non-hydrogen) atoms. The van der Waals surface area contributed by atoms with Crippen LogP contribution in [-0.4, -0.2) is 35.0 Å². The maximum atomic E-state index is 12.0. The van der Waals surface area contributed by atoms with Crippen LogP contribution in [0.25, 0.3) is 0 Å². The first-order valence-electron chi connectivity index (χ1n) is 6.76. The summed E-state index contributed by atoms with van der Waals surface area (Å²) in [4.78, 5) is 24.7. The highest BCUT2D eigenvalue weighted by atomic mass is 16.3. The lowest BCUT2D eigenvalue weighted by Crippen LogP contribution is -2.34. The zero-order valence-corrected chi connectivity index (χ0v) is 11.1. The highest BCUT2D eigenvalue weighted by Crippen LogP contribution is 2.26. The Morgan fingerprint density at radius 3 is 2.80 bits per heavy atom. The van der Waals surface area contributed by atoms with Gasteiger partial charge in [-0.05, 0) is 42.5 Å². The van der Waals surface area contributed by atoms with Crippen molar-refractivity contribution in [3.05, 3.63) is 41.1 Å². The van der Waals surface area contributed by atoms with Gasteiger partial charge in [0.05, 0.1) is 13.2 Å². The molecule has 1 aliphatic carbocycles. The van der Waals surface area contributed by atoms with Gasteiger partial charge in [0.1, 0.15) is 5.70 Å².